The van der Waals surface area contributed by atoms with Crippen LogP contribution in [0, 0.1) is 6.92 Å². The Bertz CT molecular complexity index is 447. The van der Waals surface area contributed by atoms with Gasteiger partial charge in [-0.1, -0.05) is 12.8 Å². The van der Waals surface area contributed by atoms with Gasteiger partial charge in [0.2, 0.25) is 0 Å². The molecule has 0 amide bonds. The minimum atomic E-state index is 0.421. The molecule has 1 atom stereocenters. The molecular formula is C16H28N4O. The molecule has 0 radical (unpaired) electrons. The standard InChI is InChI=1S/C16H28N4O/c1-3-20-13(2)17-18-16(20)12-19(14-7-4-5-8-14)11-15-9-6-10-21-15/h14-15H,3-12H2,1-2H3. The number of aryl methyl sites for hydroxylation is 1. The van der Waals surface area contributed by atoms with E-state index in [-0.39, 0.29) is 0 Å². The number of nitrogens with zero attached hydrogens (tertiary/aromatic N) is 4. The topological polar surface area (TPSA) is 43.2 Å². The summed E-state index contributed by atoms with van der Waals surface area (Å²) in [4.78, 5) is 2.61. The highest BCUT2D eigenvalue weighted by Crippen LogP contribution is 2.26. The molecule has 0 spiro atoms. The maximum Gasteiger partial charge on any atom is 0.147 e. The summed E-state index contributed by atoms with van der Waals surface area (Å²) in [6.45, 7) is 8.07. The van der Waals surface area contributed by atoms with Crippen LogP contribution >= 0.6 is 0 Å². The molecule has 5 nitrogen and oxygen atoms in total. The fourth-order valence-electron chi connectivity index (χ4n) is 3.80. The Kier molecular flexibility index (Phi) is 4.91. The number of ether oxygens (including phenoxy) is 1. The molecule has 1 aliphatic heterocycles. The summed E-state index contributed by atoms with van der Waals surface area (Å²) in [6.07, 6.45) is 8.23. The third-order valence-corrected chi connectivity index (χ3v) is 4.98. The molecule has 5 heteroatoms. The molecule has 2 fully saturated rings. The van der Waals surface area contributed by atoms with Crippen molar-refractivity contribution in [3.05, 3.63) is 11.6 Å². The highest BCUT2D eigenvalue weighted by Gasteiger charge is 2.28. The minimum Gasteiger partial charge on any atom is -0.377 e. The largest absolute Gasteiger partial charge is 0.377 e. The van der Waals surface area contributed by atoms with Crippen LogP contribution < -0.4 is 0 Å². The van der Waals surface area contributed by atoms with E-state index in [9.17, 15) is 0 Å². The van der Waals surface area contributed by atoms with Crippen molar-refractivity contribution in [1.29, 1.82) is 0 Å². The van der Waals surface area contributed by atoms with Gasteiger partial charge in [0.25, 0.3) is 0 Å². The molecule has 21 heavy (non-hydrogen) atoms. The van der Waals surface area contributed by atoms with Gasteiger partial charge in [-0.15, -0.1) is 10.2 Å². The Morgan fingerprint density at radius 3 is 2.67 bits per heavy atom. The van der Waals surface area contributed by atoms with Crippen LogP contribution in [0.15, 0.2) is 0 Å². The van der Waals surface area contributed by atoms with E-state index >= 15 is 0 Å². The Morgan fingerprint density at radius 2 is 2.00 bits per heavy atom. The lowest BCUT2D eigenvalue weighted by Crippen LogP contribution is -2.39. The Hall–Kier alpha value is -0.940. The van der Waals surface area contributed by atoms with Gasteiger partial charge in [-0.05, 0) is 39.5 Å². The first kappa shape index (κ1) is 15.0. The molecule has 1 saturated heterocycles. The van der Waals surface area contributed by atoms with Gasteiger partial charge in [-0.25, -0.2) is 0 Å². The predicted octanol–water partition coefficient (Wildman–Crippen LogP) is 2.53. The molecule has 1 saturated carbocycles. The molecule has 1 aromatic rings. The van der Waals surface area contributed by atoms with Crippen molar-refractivity contribution >= 4 is 0 Å². The van der Waals surface area contributed by atoms with Crippen LogP contribution in [0.5, 0.6) is 0 Å². The zero-order valence-electron chi connectivity index (χ0n) is 13.4. The predicted molar refractivity (Wildman–Crippen MR) is 82.1 cm³/mol. The van der Waals surface area contributed by atoms with Gasteiger partial charge in [-0.2, -0.15) is 0 Å². The van der Waals surface area contributed by atoms with Crippen molar-refractivity contribution in [2.45, 2.75) is 77.6 Å². The molecule has 2 heterocycles. The normalized spacial score (nSPS) is 23.5. The zero-order valence-corrected chi connectivity index (χ0v) is 13.4. The van der Waals surface area contributed by atoms with Crippen molar-refractivity contribution in [1.82, 2.24) is 19.7 Å². The quantitative estimate of drug-likeness (QED) is 0.808. The molecule has 1 aromatic heterocycles. The Labute approximate surface area is 127 Å². The van der Waals surface area contributed by atoms with Crippen LogP contribution in [0.4, 0.5) is 0 Å². The van der Waals surface area contributed by atoms with E-state index in [0.29, 0.717) is 12.1 Å². The third-order valence-electron chi connectivity index (χ3n) is 4.98. The number of hydrogen-bond donors (Lipinski definition) is 0. The summed E-state index contributed by atoms with van der Waals surface area (Å²) >= 11 is 0. The van der Waals surface area contributed by atoms with E-state index in [1.54, 1.807) is 0 Å². The lowest BCUT2D eigenvalue weighted by Gasteiger charge is -2.30. The molecule has 0 aromatic carbocycles. The summed E-state index contributed by atoms with van der Waals surface area (Å²) in [6, 6.07) is 0.705. The van der Waals surface area contributed by atoms with Gasteiger partial charge < -0.3 is 9.30 Å². The second-order valence-electron chi connectivity index (χ2n) is 6.41. The summed E-state index contributed by atoms with van der Waals surface area (Å²) < 4.78 is 8.09. The smallest absolute Gasteiger partial charge is 0.147 e. The van der Waals surface area contributed by atoms with Crippen LogP contribution in [0.3, 0.4) is 0 Å². The molecule has 1 aliphatic carbocycles. The molecule has 3 rings (SSSR count). The summed E-state index contributed by atoms with van der Waals surface area (Å²) in [7, 11) is 0. The van der Waals surface area contributed by atoms with Gasteiger partial charge in [0.15, 0.2) is 0 Å². The summed E-state index contributed by atoms with van der Waals surface area (Å²) in [5.41, 5.74) is 0. The van der Waals surface area contributed by atoms with E-state index < -0.39 is 0 Å². The van der Waals surface area contributed by atoms with Crippen molar-refractivity contribution in [2.24, 2.45) is 0 Å². The van der Waals surface area contributed by atoms with Gasteiger partial charge in [0.05, 0.1) is 12.6 Å². The van der Waals surface area contributed by atoms with E-state index in [2.05, 4.69) is 26.6 Å². The minimum absolute atomic E-state index is 0.421. The van der Waals surface area contributed by atoms with Gasteiger partial charge in [0.1, 0.15) is 11.6 Å². The Morgan fingerprint density at radius 1 is 1.19 bits per heavy atom. The van der Waals surface area contributed by atoms with Crippen molar-refractivity contribution < 1.29 is 4.74 Å². The van der Waals surface area contributed by atoms with Crippen LogP contribution in [-0.2, 0) is 17.8 Å². The Balaban J connectivity index is 1.70. The molecule has 1 unspecified atom stereocenters. The second kappa shape index (κ2) is 6.88. The van der Waals surface area contributed by atoms with E-state index in [4.69, 9.17) is 4.74 Å². The van der Waals surface area contributed by atoms with Crippen molar-refractivity contribution in [3.63, 3.8) is 0 Å². The van der Waals surface area contributed by atoms with Crippen LogP contribution in [0.2, 0.25) is 0 Å². The first-order valence-corrected chi connectivity index (χ1v) is 8.52. The molecule has 0 N–H and O–H groups in total. The second-order valence-corrected chi connectivity index (χ2v) is 6.41. The lowest BCUT2D eigenvalue weighted by atomic mass is 10.1. The first-order chi connectivity index (χ1) is 10.3. The van der Waals surface area contributed by atoms with E-state index in [0.717, 1.165) is 37.9 Å². The van der Waals surface area contributed by atoms with Crippen LogP contribution in [-0.4, -0.2) is 45.0 Å². The maximum atomic E-state index is 5.86. The van der Waals surface area contributed by atoms with Gasteiger partial charge in [-0.3, -0.25) is 4.90 Å². The number of aromatic nitrogens is 3. The monoisotopic (exact) mass is 292 g/mol. The van der Waals surface area contributed by atoms with E-state index in [1.807, 2.05) is 6.92 Å². The first-order valence-electron chi connectivity index (χ1n) is 8.52. The highest BCUT2D eigenvalue weighted by molar-refractivity contribution is 4.95. The average molecular weight is 292 g/mol. The molecule has 2 aliphatic rings. The molecule has 118 valence electrons. The number of rotatable bonds is 6. The van der Waals surface area contributed by atoms with E-state index in [1.165, 1.54) is 38.5 Å². The van der Waals surface area contributed by atoms with Gasteiger partial charge in [0, 0.05) is 25.7 Å². The van der Waals surface area contributed by atoms with Crippen molar-refractivity contribution in [3.8, 4) is 0 Å². The third kappa shape index (κ3) is 3.46. The summed E-state index contributed by atoms with van der Waals surface area (Å²) in [5.74, 6) is 2.14. The average Bonchev–Trinajstić information content (AvgIpc) is 3.20. The van der Waals surface area contributed by atoms with Crippen LogP contribution in [0.1, 0.15) is 57.1 Å². The SMILES string of the molecule is CCn1c(C)nnc1CN(CC1CCCO1)C1CCCC1. The maximum absolute atomic E-state index is 5.86. The van der Waals surface area contributed by atoms with Crippen LogP contribution in [0.25, 0.3) is 0 Å². The summed E-state index contributed by atoms with van der Waals surface area (Å²) in [5, 5.41) is 8.66. The highest BCUT2D eigenvalue weighted by atomic mass is 16.5. The number of hydrogen-bond acceptors (Lipinski definition) is 4. The van der Waals surface area contributed by atoms with Gasteiger partial charge >= 0.3 is 0 Å². The van der Waals surface area contributed by atoms with Crippen molar-refractivity contribution in [2.75, 3.05) is 13.2 Å². The molecular weight excluding hydrogens is 264 g/mol. The fraction of sp³-hybridized carbons (Fsp3) is 0.875. The molecule has 0 bridgehead atoms. The fourth-order valence-corrected chi connectivity index (χ4v) is 3.80. The lowest BCUT2D eigenvalue weighted by molar-refractivity contribution is 0.0525. The zero-order chi connectivity index (χ0) is 14.7.